The number of hydrogen-bond acceptors (Lipinski definition) is 4. The fourth-order valence-corrected chi connectivity index (χ4v) is 6.14. The number of hydrogen-bond donors (Lipinski definition) is 0. The molecule has 1 aliphatic rings. The summed E-state index contributed by atoms with van der Waals surface area (Å²) >= 11 is 9.30. The van der Waals surface area contributed by atoms with Gasteiger partial charge in [-0.25, -0.2) is 9.37 Å². The van der Waals surface area contributed by atoms with Crippen LogP contribution in [0.15, 0.2) is 30.3 Å². The lowest BCUT2D eigenvalue weighted by Crippen LogP contribution is -2.54. The maximum absolute atomic E-state index is 14.3. The molecule has 0 radical (unpaired) electrons. The summed E-state index contributed by atoms with van der Waals surface area (Å²) in [6, 6.07) is 2.79. The highest BCUT2D eigenvalue weighted by molar-refractivity contribution is 9.09. The summed E-state index contributed by atoms with van der Waals surface area (Å²) in [5.74, 6) is -2.01. The summed E-state index contributed by atoms with van der Waals surface area (Å²) in [4.78, 5) is 20.3. The summed E-state index contributed by atoms with van der Waals surface area (Å²) < 4.78 is 103. The average Bonchev–Trinajstić information content (AvgIpc) is 3.27. The van der Waals surface area contributed by atoms with Crippen LogP contribution in [0.5, 0.6) is 0 Å². The molecule has 2 atom stereocenters. The molecule has 1 fully saturated rings. The summed E-state index contributed by atoms with van der Waals surface area (Å²) in [5.41, 5.74) is -3.05. The third kappa shape index (κ3) is 7.78. The van der Waals surface area contributed by atoms with Crippen molar-refractivity contribution >= 4 is 53.3 Å². The number of carbonyl (C=O) groups excluding carboxylic acids is 1. The quantitative estimate of drug-likeness (QED) is 0.157. The van der Waals surface area contributed by atoms with Crippen molar-refractivity contribution in [2.24, 2.45) is 0 Å². The second-order valence-electron chi connectivity index (χ2n) is 11.6. The Hall–Kier alpha value is -1.90. The zero-order valence-corrected chi connectivity index (χ0v) is 27.0. The number of anilines is 2. The van der Waals surface area contributed by atoms with Gasteiger partial charge in [-0.3, -0.25) is 4.79 Å². The second kappa shape index (κ2) is 12.6. The van der Waals surface area contributed by atoms with Gasteiger partial charge in [-0.2, -0.15) is 26.3 Å². The predicted octanol–water partition coefficient (Wildman–Crippen LogP) is 8.70. The van der Waals surface area contributed by atoms with E-state index in [1.165, 1.54) is 17.0 Å². The Morgan fingerprint density at radius 2 is 1.76 bits per heavy atom. The smallest absolute Gasteiger partial charge is 0.411 e. The first-order valence-corrected chi connectivity index (χ1v) is 17.5. The molecule has 0 unspecified atom stereocenters. The van der Waals surface area contributed by atoms with Crippen LogP contribution in [0.3, 0.4) is 0 Å². The van der Waals surface area contributed by atoms with Crippen LogP contribution in [-0.4, -0.2) is 49.8 Å². The van der Waals surface area contributed by atoms with E-state index in [9.17, 15) is 35.5 Å². The maximum atomic E-state index is 14.3. The number of pyridine rings is 1. The van der Waals surface area contributed by atoms with E-state index in [-0.39, 0.29) is 41.3 Å². The molecule has 0 spiro atoms. The number of aromatic nitrogens is 1. The number of halogens is 9. The highest BCUT2D eigenvalue weighted by Gasteiger charge is 2.49. The lowest BCUT2D eigenvalue weighted by Gasteiger charge is -2.41. The van der Waals surface area contributed by atoms with Gasteiger partial charge in [0, 0.05) is 24.1 Å². The fourth-order valence-electron chi connectivity index (χ4n) is 4.36. The molecule has 1 aromatic heterocycles. The molecular weight excluding hydrogens is 675 g/mol. The van der Waals surface area contributed by atoms with E-state index < -0.39 is 61.6 Å². The highest BCUT2D eigenvalue weighted by atomic mass is 79.9. The van der Waals surface area contributed by atoms with Crippen molar-refractivity contribution in [3.63, 3.8) is 0 Å². The molecule has 1 aliphatic heterocycles. The molecule has 0 aliphatic carbocycles. The van der Waals surface area contributed by atoms with E-state index in [2.05, 4.69) is 20.9 Å². The van der Waals surface area contributed by atoms with E-state index in [0.717, 1.165) is 11.0 Å². The maximum Gasteiger partial charge on any atom is 0.433 e. The molecule has 1 amide bonds. The molecule has 2 aromatic rings. The second-order valence-corrected chi connectivity index (χ2v) is 17.5. The number of alkyl halides is 7. The minimum absolute atomic E-state index is 0.0528. The zero-order valence-electron chi connectivity index (χ0n) is 23.6. The van der Waals surface area contributed by atoms with Gasteiger partial charge in [0.15, 0.2) is 8.32 Å². The van der Waals surface area contributed by atoms with Crippen LogP contribution in [0.4, 0.5) is 42.2 Å². The third-order valence-corrected chi connectivity index (χ3v) is 12.9. The van der Waals surface area contributed by atoms with Crippen molar-refractivity contribution in [1.29, 1.82) is 0 Å². The van der Waals surface area contributed by atoms with Crippen LogP contribution < -0.4 is 9.80 Å². The molecule has 234 valence electrons. The van der Waals surface area contributed by atoms with Gasteiger partial charge < -0.3 is 14.2 Å². The van der Waals surface area contributed by atoms with Gasteiger partial charge in [-0.1, -0.05) is 48.3 Å². The largest absolute Gasteiger partial charge is 0.433 e. The van der Waals surface area contributed by atoms with E-state index >= 15 is 0 Å². The molecule has 0 N–H and O–H groups in total. The Balaban J connectivity index is 2.20. The Kier molecular flexibility index (Phi) is 10.4. The number of benzene rings is 1. The number of rotatable bonds is 8. The third-order valence-electron chi connectivity index (χ3n) is 7.57. The van der Waals surface area contributed by atoms with E-state index in [0.29, 0.717) is 17.8 Å². The van der Waals surface area contributed by atoms with E-state index in [4.69, 9.17) is 16.0 Å². The van der Waals surface area contributed by atoms with Gasteiger partial charge >= 0.3 is 12.4 Å². The summed E-state index contributed by atoms with van der Waals surface area (Å²) in [7, 11) is -2.58. The number of carbonyl (C=O) groups is 1. The number of nitrogens with zero attached hydrogens (tertiary/aromatic N) is 3. The lowest BCUT2D eigenvalue weighted by atomic mass is 10.1. The highest BCUT2D eigenvalue weighted by Crippen LogP contribution is 2.42. The van der Waals surface area contributed by atoms with Crippen molar-refractivity contribution in [3.8, 4) is 0 Å². The molecular formula is C27H32BrClF7N3O2Si. The SMILES string of the molecule is CC(C)(C)[Si](C)(C)O[C@@H]1CCN(c2cc(C(F)(F)F)cc(C(F)(F)F)n2)[C@@H]1C(=O)N(CCCBr)c1ccc(F)c(Cl)c1. The van der Waals surface area contributed by atoms with Gasteiger partial charge in [-0.05, 0) is 61.3 Å². The van der Waals surface area contributed by atoms with Crippen molar-refractivity contribution < 1.29 is 40.0 Å². The minimum Gasteiger partial charge on any atom is -0.411 e. The van der Waals surface area contributed by atoms with Crippen LogP contribution in [0.25, 0.3) is 0 Å². The van der Waals surface area contributed by atoms with Gasteiger partial charge in [0.1, 0.15) is 23.4 Å². The Bertz CT molecular complexity index is 1260. The normalized spacial score (nSPS) is 18.5. The molecule has 2 heterocycles. The Morgan fingerprint density at radius 1 is 1.12 bits per heavy atom. The first-order chi connectivity index (χ1) is 19.2. The van der Waals surface area contributed by atoms with E-state index in [1.54, 1.807) is 0 Å². The molecule has 42 heavy (non-hydrogen) atoms. The predicted molar refractivity (Wildman–Crippen MR) is 154 cm³/mol. The van der Waals surface area contributed by atoms with E-state index in [1.807, 2.05) is 33.9 Å². The average molecular weight is 707 g/mol. The van der Waals surface area contributed by atoms with Crippen LogP contribution in [-0.2, 0) is 21.6 Å². The van der Waals surface area contributed by atoms with Crippen molar-refractivity contribution in [1.82, 2.24) is 4.98 Å². The van der Waals surface area contributed by atoms with Gasteiger partial charge in [0.2, 0.25) is 0 Å². The molecule has 0 saturated carbocycles. The van der Waals surface area contributed by atoms with Gasteiger partial charge in [0.25, 0.3) is 5.91 Å². The van der Waals surface area contributed by atoms with Gasteiger partial charge in [-0.15, -0.1) is 0 Å². The molecule has 0 bridgehead atoms. The lowest BCUT2D eigenvalue weighted by molar-refractivity contribution is -0.145. The first kappa shape index (κ1) is 34.6. The summed E-state index contributed by atoms with van der Waals surface area (Å²) in [5, 5.41) is -0.0870. The molecule has 5 nitrogen and oxygen atoms in total. The monoisotopic (exact) mass is 705 g/mol. The minimum atomic E-state index is -5.17. The fraction of sp³-hybridized carbons (Fsp3) is 0.556. The zero-order chi connectivity index (χ0) is 31.8. The standard InChI is InChI=1S/C27H32BrClF7N3O2Si/c1-25(2,3)42(4,5)41-20-9-12-39(22-14-16(26(31,32)33)13-21(37-22)27(34,35)36)23(20)24(40)38(11-6-10-28)17-7-8-19(30)18(29)15-17/h7-8,13-15,20,23H,6,9-12H2,1-5H3/t20-,23+/m1/s1. The van der Waals surface area contributed by atoms with Crippen LogP contribution in [0, 0.1) is 5.82 Å². The Morgan fingerprint density at radius 3 is 2.29 bits per heavy atom. The van der Waals surface area contributed by atoms with Crippen molar-refractivity contribution in [3.05, 3.63) is 52.4 Å². The molecule has 1 saturated heterocycles. The van der Waals surface area contributed by atoms with Crippen molar-refractivity contribution in [2.75, 3.05) is 28.2 Å². The van der Waals surface area contributed by atoms with Gasteiger partial charge in [0.05, 0.1) is 16.7 Å². The van der Waals surface area contributed by atoms with Crippen LogP contribution in [0.2, 0.25) is 23.2 Å². The van der Waals surface area contributed by atoms with Crippen LogP contribution >= 0.6 is 27.5 Å². The topological polar surface area (TPSA) is 45.7 Å². The van der Waals surface area contributed by atoms with Crippen molar-refractivity contribution in [2.45, 2.75) is 76.2 Å². The Labute approximate surface area is 254 Å². The molecule has 3 rings (SSSR count). The number of amides is 1. The summed E-state index contributed by atoms with van der Waals surface area (Å²) in [6.07, 6.45) is -10.5. The first-order valence-electron chi connectivity index (χ1n) is 13.1. The summed E-state index contributed by atoms with van der Waals surface area (Å²) in [6.45, 7) is 9.79. The molecule has 15 heteroatoms. The van der Waals surface area contributed by atoms with Crippen LogP contribution in [0.1, 0.15) is 44.9 Å². The molecule has 1 aromatic carbocycles.